The number of amides is 1. The molecule has 0 radical (unpaired) electrons. The van der Waals surface area contributed by atoms with Gasteiger partial charge in [-0.25, -0.2) is 4.39 Å². The third-order valence-corrected chi connectivity index (χ3v) is 3.30. The summed E-state index contributed by atoms with van der Waals surface area (Å²) in [6.45, 7) is 1.42. The molecule has 0 aromatic heterocycles. The average molecular weight is 251 g/mol. The zero-order valence-electron chi connectivity index (χ0n) is 9.94. The van der Waals surface area contributed by atoms with Gasteiger partial charge in [0.1, 0.15) is 11.9 Å². The minimum atomic E-state index is -1.07. The van der Waals surface area contributed by atoms with Crippen LogP contribution in [0, 0.1) is 5.82 Å². The summed E-state index contributed by atoms with van der Waals surface area (Å²) in [5.41, 5.74) is 0.0659. The molecule has 1 aliphatic carbocycles. The minimum Gasteiger partial charge on any atom is -0.480 e. The molecule has 1 amide bonds. The van der Waals surface area contributed by atoms with Crippen LogP contribution in [0.1, 0.15) is 25.3 Å². The highest BCUT2D eigenvalue weighted by Crippen LogP contribution is 2.48. The van der Waals surface area contributed by atoms with Gasteiger partial charge in [-0.15, -0.1) is 0 Å². The van der Waals surface area contributed by atoms with E-state index in [1.807, 2.05) is 0 Å². The van der Waals surface area contributed by atoms with E-state index in [0.29, 0.717) is 12.8 Å². The quantitative estimate of drug-likeness (QED) is 0.851. The number of carboxylic acid groups (broad SMARTS) is 1. The number of carbonyl (C=O) groups excluding carboxylic acids is 1. The van der Waals surface area contributed by atoms with Crippen LogP contribution in [0.2, 0.25) is 0 Å². The largest absolute Gasteiger partial charge is 0.480 e. The zero-order valence-corrected chi connectivity index (χ0v) is 9.94. The van der Waals surface area contributed by atoms with Gasteiger partial charge in [-0.2, -0.15) is 0 Å². The summed E-state index contributed by atoms with van der Waals surface area (Å²) >= 11 is 0. The van der Waals surface area contributed by atoms with Crippen molar-refractivity contribution in [1.29, 1.82) is 0 Å². The third-order valence-electron chi connectivity index (χ3n) is 3.30. The van der Waals surface area contributed by atoms with Gasteiger partial charge in [0.05, 0.1) is 5.41 Å². The molecule has 2 rings (SSSR count). The number of benzene rings is 1. The maximum absolute atomic E-state index is 12.8. The zero-order chi connectivity index (χ0) is 13.3. The van der Waals surface area contributed by atoms with Crippen molar-refractivity contribution in [2.45, 2.75) is 31.2 Å². The van der Waals surface area contributed by atoms with Crippen molar-refractivity contribution in [1.82, 2.24) is 5.32 Å². The van der Waals surface area contributed by atoms with Crippen LogP contribution in [0.25, 0.3) is 0 Å². The molecule has 1 saturated carbocycles. The fourth-order valence-electron chi connectivity index (χ4n) is 1.94. The molecule has 1 fully saturated rings. The highest BCUT2D eigenvalue weighted by molar-refractivity contribution is 5.93. The van der Waals surface area contributed by atoms with Crippen molar-refractivity contribution in [3.8, 4) is 0 Å². The summed E-state index contributed by atoms with van der Waals surface area (Å²) in [6.07, 6.45) is 1.33. The highest BCUT2D eigenvalue weighted by atomic mass is 19.1. The number of hydrogen-bond donors (Lipinski definition) is 2. The predicted octanol–water partition coefficient (Wildman–Crippen LogP) is 1.45. The first-order valence-electron chi connectivity index (χ1n) is 5.75. The molecule has 4 nitrogen and oxygen atoms in total. The van der Waals surface area contributed by atoms with Gasteiger partial charge < -0.3 is 10.4 Å². The van der Waals surface area contributed by atoms with E-state index in [9.17, 15) is 14.0 Å². The average Bonchev–Trinajstić information content (AvgIpc) is 3.11. The van der Waals surface area contributed by atoms with E-state index in [-0.39, 0.29) is 11.7 Å². The first kappa shape index (κ1) is 12.5. The lowest BCUT2D eigenvalue weighted by Gasteiger charge is -2.17. The maximum Gasteiger partial charge on any atom is 0.325 e. The van der Waals surface area contributed by atoms with Gasteiger partial charge in [0, 0.05) is 0 Å². The van der Waals surface area contributed by atoms with Gasteiger partial charge in [-0.05, 0) is 37.5 Å². The summed E-state index contributed by atoms with van der Waals surface area (Å²) in [6, 6.07) is 4.85. The van der Waals surface area contributed by atoms with Gasteiger partial charge in [-0.3, -0.25) is 9.59 Å². The lowest BCUT2D eigenvalue weighted by molar-refractivity contribution is -0.141. The second kappa shape index (κ2) is 4.40. The monoisotopic (exact) mass is 251 g/mol. The van der Waals surface area contributed by atoms with Crippen LogP contribution in [0.15, 0.2) is 24.3 Å². The van der Waals surface area contributed by atoms with Gasteiger partial charge in [0.25, 0.3) is 0 Å². The molecule has 0 saturated heterocycles. The Morgan fingerprint density at radius 2 is 1.89 bits per heavy atom. The Labute approximate surface area is 104 Å². The molecule has 0 bridgehead atoms. The van der Waals surface area contributed by atoms with Crippen molar-refractivity contribution in [3.05, 3.63) is 35.6 Å². The van der Waals surface area contributed by atoms with E-state index in [1.54, 1.807) is 12.1 Å². The molecule has 5 heteroatoms. The number of rotatable bonds is 4. The number of hydrogen-bond acceptors (Lipinski definition) is 2. The summed E-state index contributed by atoms with van der Waals surface area (Å²) in [5, 5.41) is 11.2. The molecule has 1 aliphatic rings. The van der Waals surface area contributed by atoms with E-state index in [2.05, 4.69) is 5.32 Å². The normalized spacial score (nSPS) is 17.9. The van der Waals surface area contributed by atoms with Crippen molar-refractivity contribution in [2.75, 3.05) is 0 Å². The van der Waals surface area contributed by atoms with Gasteiger partial charge in [-0.1, -0.05) is 12.1 Å². The number of carboxylic acids is 1. The molecule has 0 unspecified atom stereocenters. The van der Waals surface area contributed by atoms with Crippen molar-refractivity contribution in [2.24, 2.45) is 0 Å². The van der Waals surface area contributed by atoms with E-state index in [0.717, 1.165) is 5.56 Å². The Bertz CT molecular complexity index is 480. The number of carbonyl (C=O) groups is 2. The van der Waals surface area contributed by atoms with Gasteiger partial charge in [0.2, 0.25) is 5.91 Å². The third kappa shape index (κ3) is 2.20. The summed E-state index contributed by atoms with van der Waals surface area (Å²) < 4.78 is 12.8. The van der Waals surface area contributed by atoms with E-state index >= 15 is 0 Å². The number of aliphatic carboxylic acids is 1. The van der Waals surface area contributed by atoms with Crippen LogP contribution >= 0.6 is 0 Å². The summed E-state index contributed by atoms with van der Waals surface area (Å²) in [5.74, 6) is -1.73. The molecule has 0 aliphatic heterocycles. The Morgan fingerprint density at radius 1 is 1.33 bits per heavy atom. The van der Waals surface area contributed by atoms with Crippen LogP contribution in [-0.2, 0) is 15.0 Å². The summed E-state index contributed by atoms with van der Waals surface area (Å²) in [4.78, 5) is 22.8. The van der Waals surface area contributed by atoms with Crippen molar-refractivity contribution in [3.63, 3.8) is 0 Å². The second-order valence-corrected chi connectivity index (χ2v) is 4.62. The Kier molecular flexibility index (Phi) is 3.07. The number of halogens is 1. The maximum atomic E-state index is 12.8. The van der Waals surface area contributed by atoms with E-state index in [1.165, 1.54) is 19.1 Å². The molecule has 96 valence electrons. The SMILES string of the molecule is C[C@H](NC(=O)C1(c2ccc(F)cc2)CC1)C(=O)O. The highest BCUT2D eigenvalue weighted by Gasteiger charge is 2.51. The molecular formula is C13H14FNO3. The van der Waals surface area contributed by atoms with Crippen molar-refractivity contribution >= 4 is 11.9 Å². The van der Waals surface area contributed by atoms with Gasteiger partial charge in [0.15, 0.2) is 0 Å². The van der Waals surface area contributed by atoms with Gasteiger partial charge >= 0.3 is 5.97 Å². The van der Waals surface area contributed by atoms with Crippen LogP contribution in [-0.4, -0.2) is 23.0 Å². The van der Waals surface area contributed by atoms with Crippen LogP contribution in [0.5, 0.6) is 0 Å². The first-order chi connectivity index (χ1) is 8.45. The van der Waals surface area contributed by atoms with E-state index < -0.39 is 17.4 Å². The fraction of sp³-hybridized carbons (Fsp3) is 0.385. The molecule has 1 aromatic carbocycles. The lowest BCUT2D eigenvalue weighted by atomic mass is 9.94. The predicted molar refractivity (Wildman–Crippen MR) is 62.6 cm³/mol. The Hall–Kier alpha value is -1.91. The molecule has 0 heterocycles. The lowest BCUT2D eigenvalue weighted by Crippen LogP contribution is -2.43. The molecule has 18 heavy (non-hydrogen) atoms. The van der Waals surface area contributed by atoms with Crippen LogP contribution < -0.4 is 5.32 Å². The van der Waals surface area contributed by atoms with Crippen LogP contribution in [0.4, 0.5) is 4.39 Å². The van der Waals surface area contributed by atoms with Crippen LogP contribution in [0.3, 0.4) is 0 Å². The smallest absolute Gasteiger partial charge is 0.325 e. The summed E-state index contributed by atoms with van der Waals surface area (Å²) in [7, 11) is 0. The standard InChI is InChI=1S/C13H14FNO3/c1-8(11(16)17)15-12(18)13(6-7-13)9-2-4-10(14)5-3-9/h2-5,8H,6-7H2,1H3,(H,15,18)(H,16,17)/t8-/m0/s1. The minimum absolute atomic E-state index is 0.302. The van der Waals surface area contributed by atoms with E-state index in [4.69, 9.17) is 5.11 Å². The molecule has 1 atom stereocenters. The topological polar surface area (TPSA) is 66.4 Å². The molecule has 1 aromatic rings. The molecule has 0 spiro atoms. The van der Waals surface area contributed by atoms with Crippen molar-refractivity contribution < 1.29 is 19.1 Å². The Balaban J connectivity index is 2.14. The molecule has 2 N–H and O–H groups in total. The second-order valence-electron chi connectivity index (χ2n) is 4.62. The Morgan fingerprint density at radius 3 is 2.33 bits per heavy atom. The first-order valence-corrected chi connectivity index (χ1v) is 5.75. The fourth-order valence-corrected chi connectivity index (χ4v) is 1.94. The molecular weight excluding hydrogens is 237 g/mol. The number of nitrogens with one attached hydrogen (secondary N) is 1.